The minimum Gasteiger partial charge on any atom is -0.466 e. The van der Waals surface area contributed by atoms with Gasteiger partial charge >= 0.3 is 5.97 Å². The van der Waals surface area contributed by atoms with Gasteiger partial charge in [-0.2, -0.15) is 4.98 Å². The molecule has 0 radical (unpaired) electrons. The van der Waals surface area contributed by atoms with Crippen molar-refractivity contribution >= 4 is 17.7 Å². The molecule has 0 saturated heterocycles. The lowest BCUT2D eigenvalue weighted by molar-refractivity contribution is -0.143. The first-order chi connectivity index (χ1) is 6.76. The molecule has 14 heavy (non-hydrogen) atoms. The zero-order valence-electron chi connectivity index (χ0n) is 7.89. The first-order valence-electron chi connectivity index (χ1n) is 3.83. The summed E-state index contributed by atoms with van der Waals surface area (Å²) in [4.78, 5) is 18.7. The molecule has 0 saturated carbocycles. The number of carbonyl (C=O) groups is 1. The number of nitrogens with zero attached hydrogens (tertiary/aromatic N) is 2. The van der Waals surface area contributed by atoms with Crippen molar-refractivity contribution in [2.24, 2.45) is 0 Å². The van der Waals surface area contributed by atoms with Crippen LogP contribution in [-0.4, -0.2) is 35.9 Å². The third-order valence-electron chi connectivity index (χ3n) is 1.36. The van der Waals surface area contributed by atoms with Gasteiger partial charge in [0.1, 0.15) is 0 Å². The number of carbonyl (C=O) groups excluding carboxylic acids is 1. The molecule has 0 spiro atoms. The maximum absolute atomic E-state index is 10.7. The van der Waals surface area contributed by atoms with Crippen LogP contribution >= 0.6 is 11.8 Å². The molecule has 0 fully saturated rings. The summed E-state index contributed by atoms with van der Waals surface area (Å²) in [5.74, 6) is -0.0657. The number of ether oxygens (including phenoxy) is 2. The van der Waals surface area contributed by atoms with Crippen LogP contribution in [0.2, 0.25) is 0 Å². The van der Waals surface area contributed by atoms with E-state index in [0.29, 0.717) is 11.0 Å². The van der Waals surface area contributed by atoms with E-state index in [4.69, 9.17) is 4.74 Å². The molecule has 1 aromatic rings. The summed E-state index contributed by atoms with van der Waals surface area (Å²) in [5, 5.41) is 0.604. The maximum Gasteiger partial charge on any atom is 0.343 e. The predicted octanol–water partition coefficient (Wildman–Crippen LogP) is 0.750. The Labute approximate surface area is 85.8 Å². The molecule has 0 aliphatic heterocycles. The Balaban J connectivity index is 2.54. The van der Waals surface area contributed by atoms with Crippen LogP contribution in [0.3, 0.4) is 0 Å². The van der Waals surface area contributed by atoms with Crippen molar-refractivity contribution in [2.75, 3.05) is 20.0 Å². The van der Waals surface area contributed by atoms with Crippen molar-refractivity contribution in [1.82, 2.24) is 9.97 Å². The summed E-state index contributed by atoms with van der Waals surface area (Å²) in [6.45, 7) is -0.138. The van der Waals surface area contributed by atoms with Gasteiger partial charge in [-0.25, -0.2) is 9.78 Å². The van der Waals surface area contributed by atoms with Gasteiger partial charge in [0.2, 0.25) is 5.88 Å². The minimum atomic E-state index is -0.436. The fourth-order valence-electron chi connectivity index (χ4n) is 0.696. The summed E-state index contributed by atoms with van der Waals surface area (Å²) < 4.78 is 9.48. The van der Waals surface area contributed by atoms with Crippen molar-refractivity contribution in [3.05, 3.63) is 12.3 Å². The Morgan fingerprint density at radius 3 is 3.07 bits per heavy atom. The van der Waals surface area contributed by atoms with E-state index in [0.717, 1.165) is 0 Å². The highest BCUT2D eigenvalue weighted by molar-refractivity contribution is 7.98. The van der Waals surface area contributed by atoms with E-state index in [1.807, 2.05) is 6.26 Å². The standard InChI is InChI=1S/C8H10N2O3S/c1-12-7(11)5-13-6-3-4-9-8(10-6)14-2/h3-4H,5H2,1-2H3. The Kier molecular flexibility index (Phi) is 4.18. The molecule has 0 unspecified atom stereocenters. The van der Waals surface area contributed by atoms with E-state index < -0.39 is 5.97 Å². The SMILES string of the molecule is COC(=O)COc1ccnc(SC)n1. The zero-order chi connectivity index (χ0) is 10.4. The Bertz CT molecular complexity index is 319. The average molecular weight is 214 g/mol. The number of thioether (sulfide) groups is 1. The molecule has 1 heterocycles. The van der Waals surface area contributed by atoms with Gasteiger partial charge in [0.05, 0.1) is 7.11 Å². The molecule has 6 heteroatoms. The highest BCUT2D eigenvalue weighted by atomic mass is 32.2. The molecule has 76 valence electrons. The number of rotatable bonds is 4. The van der Waals surface area contributed by atoms with Gasteiger partial charge in [-0.05, 0) is 6.26 Å². The Morgan fingerprint density at radius 2 is 2.43 bits per heavy atom. The van der Waals surface area contributed by atoms with Gasteiger partial charge in [-0.3, -0.25) is 0 Å². The van der Waals surface area contributed by atoms with Gasteiger partial charge in [0.15, 0.2) is 11.8 Å². The largest absolute Gasteiger partial charge is 0.466 e. The molecule has 0 aliphatic carbocycles. The van der Waals surface area contributed by atoms with E-state index in [1.165, 1.54) is 18.9 Å². The fraction of sp³-hybridized carbons (Fsp3) is 0.375. The third-order valence-corrected chi connectivity index (χ3v) is 1.92. The molecule has 0 aromatic carbocycles. The zero-order valence-corrected chi connectivity index (χ0v) is 8.71. The van der Waals surface area contributed by atoms with Crippen LogP contribution in [-0.2, 0) is 9.53 Å². The van der Waals surface area contributed by atoms with Crippen molar-refractivity contribution < 1.29 is 14.3 Å². The lowest BCUT2D eigenvalue weighted by atomic mass is 10.6. The molecule has 1 aromatic heterocycles. The van der Waals surface area contributed by atoms with E-state index >= 15 is 0 Å². The van der Waals surface area contributed by atoms with Crippen LogP contribution in [0.1, 0.15) is 0 Å². The van der Waals surface area contributed by atoms with Gasteiger partial charge in [0, 0.05) is 12.3 Å². The molecule has 0 N–H and O–H groups in total. The van der Waals surface area contributed by atoms with Crippen LogP contribution in [0.4, 0.5) is 0 Å². The smallest absolute Gasteiger partial charge is 0.343 e. The monoisotopic (exact) mass is 214 g/mol. The second kappa shape index (κ2) is 5.43. The van der Waals surface area contributed by atoms with E-state index in [1.54, 1.807) is 12.3 Å². The van der Waals surface area contributed by atoms with Crippen LogP contribution in [0.25, 0.3) is 0 Å². The summed E-state index contributed by atoms with van der Waals surface area (Å²) >= 11 is 1.40. The van der Waals surface area contributed by atoms with E-state index in [2.05, 4.69) is 14.7 Å². The lowest BCUT2D eigenvalue weighted by Gasteiger charge is -2.03. The molecule has 5 nitrogen and oxygen atoms in total. The molecular weight excluding hydrogens is 204 g/mol. The normalized spacial score (nSPS) is 9.57. The number of hydrogen-bond acceptors (Lipinski definition) is 6. The van der Waals surface area contributed by atoms with E-state index in [-0.39, 0.29) is 6.61 Å². The minimum absolute atomic E-state index is 0.138. The lowest BCUT2D eigenvalue weighted by Crippen LogP contribution is -2.13. The second-order valence-corrected chi connectivity index (χ2v) is 3.02. The van der Waals surface area contributed by atoms with Crippen molar-refractivity contribution in [2.45, 2.75) is 5.16 Å². The maximum atomic E-state index is 10.7. The number of aromatic nitrogens is 2. The van der Waals surface area contributed by atoms with Gasteiger partial charge in [0.25, 0.3) is 0 Å². The van der Waals surface area contributed by atoms with Crippen LogP contribution < -0.4 is 4.74 Å². The van der Waals surface area contributed by atoms with Crippen LogP contribution in [0, 0.1) is 0 Å². The summed E-state index contributed by atoms with van der Waals surface area (Å²) in [7, 11) is 1.30. The summed E-state index contributed by atoms with van der Waals surface area (Å²) in [6.07, 6.45) is 3.44. The molecular formula is C8H10N2O3S. The molecule has 0 amide bonds. The van der Waals surface area contributed by atoms with Crippen molar-refractivity contribution in [3.8, 4) is 5.88 Å². The summed E-state index contributed by atoms with van der Waals surface area (Å²) in [5.41, 5.74) is 0. The molecule has 0 aliphatic rings. The Hall–Kier alpha value is -1.30. The van der Waals surface area contributed by atoms with Crippen molar-refractivity contribution in [3.63, 3.8) is 0 Å². The van der Waals surface area contributed by atoms with Gasteiger partial charge in [-0.15, -0.1) is 0 Å². The topological polar surface area (TPSA) is 61.3 Å². The van der Waals surface area contributed by atoms with Gasteiger partial charge < -0.3 is 9.47 Å². The number of hydrogen-bond donors (Lipinski definition) is 0. The Morgan fingerprint density at radius 1 is 1.64 bits per heavy atom. The molecule has 0 atom stereocenters. The molecule has 1 rings (SSSR count). The highest BCUT2D eigenvalue weighted by Crippen LogP contribution is 2.12. The van der Waals surface area contributed by atoms with E-state index in [9.17, 15) is 4.79 Å². The number of esters is 1. The first kappa shape index (κ1) is 10.8. The average Bonchev–Trinajstić information content (AvgIpc) is 2.26. The second-order valence-electron chi connectivity index (χ2n) is 2.25. The fourth-order valence-corrected chi connectivity index (χ4v) is 1.04. The predicted molar refractivity (Wildman–Crippen MR) is 51.3 cm³/mol. The molecule has 0 bridgehead atoms. The number of methoxy groups -OCH3 is 1. The van der Waals surface area contributed by atoms with Gasteiger partial charge in [-0.1, -0.05) is 11.8 Å². The van der Waals surface area contributed by atoms with Crippen molar-refractivity contribution in [1.29, 1.82) is 0 Å². The van der Waals surface area contributed by atoms with Crippen LogP contribution in [0.15, 0.2) is 17.4 Å². The highest BCUT2D eigenvalue weighted by Gasteiger charge is 2.03. The first-order valence-corrected chi connectivity index (χ1v) is 5.05. The third kappa shape index (κ3) is 3.21. The quantitative estimate of drug-likeness (QED) is 0.419. The van der Waals surface area contributed by atoms with Crippen LogP contribution in [0.5, 0.6) is 5.88 Å². The summed E-state index contributed by atoms with van der Waals surface area (Å²) in [6, 6.07) is 1.59.